The lowest BCUT2D eigenvalue weighted by Gasteiger charge is -2.05. The summed E-state index contributed by atoms with van der Waals surface area (Å²) in [6, 6.07) is 0. The Kier molecular flexibility index (Phi) is 2.93. The van der Waals surface area contributed by atoms with E-state index in [1.165, 1.54) is 0 Å². The summed E-state index contributed by atoms with van der Waals surface area (Å²) >= 11 is 5.04. The van der Waals surface area contributed by atoms with Crippen LogP contribution in [0.4, 0.5) is 0 Å². The number of H-pyrrole nitrogens is 1. The van der Waals surface area contributed by atoms with Gasteiger partial charge in [-0.1, -0.05) is 0 Å². The van der Waals surface area contributed by atoms with E-state index in [9.17, 15) is 0 Å². The molecule has 2 aromatic heterocycles. The van der Waals surface area contributed by atoms with Crippen LogP contribution in [0.25, 0.3) is 0 Å². The molecule has 2 heterocycles. The highest BCUT2D eigenvalue weighted by atomic mass is 32.1. The Morgan fingerprint density at radius 3 is 3.00 bits per heavy atom. The molecule has 0 aliphatic carbocycles. The molecule has 0 atom stereocenters. The van der Waals surface area contributed by atoms with Crippen molar-refractivity contribution >= 4 is 12.2 Å². The van der Waals surface area contributed by atoms with Gasteiger partial charge in [-0.2, -0.15) is 5.10 Å². The number of imidazole rings is 1. The van der Waals surface area contributed by atoms with E-state index in [0.717, 1.165) is 6.54 Å². The molecule has 0 unspecified atom stereocenters. The van der Waals surface area contributed by atoms with Gasteiger partial charge in [0.25, 0.3) is 0 Å². The summed E-state index contributed by atoms with van der Waals surface area (Å²) in [6.07, 6.45) is 5.34. The number of nitrogens with one attached hydrogen (secondary N) is 1. The standard InChI is InChI=1S/C8H11N5OS/c14-5-7-10-11-8(15)13(7)4-3-12-2-1-9-6-12/h1-2,6,14H,3-5H2,(H,11,15). The maximum absolute atomic E-state index is 9.02. The summed E-state index contributed by atoms with van der Waals surface area (Å²) in [5.41, 5.74) is 0. The largest absolute Gasteiger partial charge is 0.388 e. The van der Waals surface area contributed by atoms with E-state index in [0.29, 0.717) is 17.1 Å². The molecular weight excluding hydrogens is 214 g/mol. The first-order valence-corrected chi connectivity index (χ1v) is 4.93. The number of hydrogen-bond donors (Lipinski definition) is 2. The second-order valence-electron chi connectivity index (χ2n) is 3.06. The van der Waals surface area contributed by atoms with Crippen LogP contribution in [0, 0.1) is 4.77 Å². The smallest absolute Gasteiger partial charge is 0.195 e. The average Bonchev–Trinajstić information content (AvgIpc) is 2.84. The first-order chi connectivity index (χ1) is 7.31. The molecule has 0 aliphatic rings. The number of aryl methyl sites for hydroxylation is 1. The molecule has 6 nitrogen and oxygen atoms in total. The summed E-state index contributed by atoms with van der Waals surface area (Å²) in [6.45, 7) is 1.31. The lowest BCUT2D eigenvalue weighted by Crippen LogP contribution is -2.09. The summed E-state index contributed by atoms with van der Waals surface area (Å²) < 4.78 is 4.24. The summed E-state index contributed by atoms with van der Waals surface area (Å²) in [5.74, 6) is 0.556. The van der Waals surface area contributed by atoms with Crippen LogP contribution in [0.5, 0.6) is 0 Å². The second kappa shape index (κ2) is 4.37. The van der Waals surface area contributed by atoms with Crippen LogP contribution in [-0.2, 0) is 19.7 Å². The van der Waals surface area contributed by atoms with Gasteiger partial charge in [-0.3, -0.25) is 5.10 Å². The van der Waals surface area contributed by atoms with Crippen molar-refractivity contribution < 1.29 is 5.11 Å². The van der Waals surface area contributed by atoms with E-state index in [1.807, 2.05) is 10.8 Å². The van der Waals surface area contributed by atoms with Gasteiger partial charge in [0.15, 0.2) is 10.6 Å². The van der Waals surface area contributed by atoms with Gasteiger partial charge >= 0.3 is 0 Å². The van der Waals surface area contributed by atoms with Crippen LogP contribution in [0.3, 0.4) is 0 Å². The lowest BCUT2D eigenvalue weighted by atomic mass is 10.5. The molecule has 0 saturated carbocycles. The zero-order chi connectivity index (χ0) is 10.7. The second-order valence-corrected chi connectivity index (χ2v) is 3.44. The van der Waals surface area contributed by atoms with Crippen LogP contribution in [0.15, 0.2) is 18.7 Å². The summed E-state index contributed by atoms with van der Waals surface area (Å²) in [5, 5.41) is 15.6. The maximum atomic E-state index is 9.02. The van der Waals surface area contributed by atoms with Crippen molar-refractivity contribution in [1.29, 1.82) is 0 Å². The van der Waals surface area contributed by atoms with Crippen molar-refractivity contribution in [1.82, 2.24) is 24.3 Å². The molecule has 15 heavy (non-hydrogen) atoms. The van der Waals surface area contributed by atoms with Crippen LogP contribution < -0.4 is 0 Å². The van der Waals surface area contributed by atoms with Crippen molar-refractivity contribution in [3.63, 3.8) is 0 Å². The number of hydrogen-bond acceptors (Lipinski definition) is 4. The van der Waals surface area contributed by atoms with E-state index in [4.69, 9.17) is 17.3 Å². The van der Waals surface area contributed by atoms with E-state index in [-0.39, 0.29) is 6.61 Å². The number of aliphatic hydroxyl groups excluding tert-OH is 1. The third-order valence-electron chi connectivity index (χ3n) is 2.12. The molecule has 2 rings (SSSR count). The fourth-order valence-electron chi connectivity index (χ4n) is 1.34. The van der Waals surface area contributed by atoms with Gasteiger partial charge in [0.05, 0.1) is 6.33 Å². The molecule has 7 heteroatoms. The van der Waals surface area contributed by atoms with Crippen molar-refractivity contribution in [3.05, 3.63) is 29.3 Å². The van der Waals surface area contributed by atoms with Crippen LogP contribution in [-0.4, -0.2) is 29.4 Å². The SMILES string of the molecule is OCc1n[nH]c(=S)n1CCn1ccnc1. The Morgan fingerprint density at radius 1 is 1.47 bits per heavy atom. The molecule has 0 aromatic carbocycles. The highest BCUT2D eigenvalue weighted by molar-refractivity contribution is 7.71. The topological polar surface area (TPSA) is 71.7 Å². The molecule has 2 N–H and O–H groups in total. The number of aromatic amines is 1. The number of aromatic nitrogens is 5. The van der Waals surface area contributed by atoms with Gasteiger partial charge in [0.1, 0.15) is 6.61 Å². The van der Waals surface area contributed by atoms with Crippen molar-refractivity contribution in [2.24, 2.45) is 0 Å². The quantitative estimate of drug-likeness (QED) is 0.736. The monoisotopic (exact) mass is 225 g/mol. The fraction of sp³-hybridized carbons (Fsp3) is 0.375. The number of rotatable bonds is 4. The van der Waals surface area contributed by atoms with E-state index in [1.54, 1.807) is 17.1 Å². The highest BCUT2D eigenvalue weighted by Gasteiger charge is 2.03. The Balaban J connectivity index is 2.10. The van der Waals surface area contributed by atoms with Crippen molar-refractivity contribution in [2.75, 3.05) is 0 Å². The van der Waals surface area contributed by atoms with Crippen LogP contribution in [0.2, 0.25) is 0 Å². The van der Waals surface area contributed by atoms with E-state index >= 15 is 0 Å². The van der Waals surface area contributed by atoms with Gasteiger partial charge in [0, 0.05) is 25.5 Å². The zero-order valence-corrected chi connectivity index (χ0v) is 8.81. The molecule has 0 aliphatic heterocycles. The minimum Gasteiger partial charge on any atom is -0.388 e. The predicted molar refractivity (Wildman–Crippen MR) is 55.6 cm³/mol. The van der Waals surface area contributed by atoms with Crippen LogP contribution >= 0.6 is 12.2 Å². The third kappa shape index (κ3) is 2.13. The molecule has 0 spiro atoms. The summed E-state index contributed by atoms with van der Waals surface area (Å²) in [7, 11) is 0. The first kappa shape index (κ1) is 10.1. The number of aliphatic hydroxyl groups is 1. The lowest BCUT2D eigenvalue weighted by molar-refractivity contribution is 0.263. The Bertz CT molecular complexity index is 471. The molecule has 0 amide bonds. The Labute approximate surface area is 91.2 Å². The minimum absolute atomic E-state index is 0.114. The first-order valence-electron chi connectivity index (χ1n) is 4.52. The highest BCUT2D eigenvalue weighted by Crippen LogP contribution is 1.99. The van der Waals surface area contributed by atoms with E-state index in [2.05, 4.69) is 15.2 Å². The molecule has 0 bridgehead atoms. The normalized spacial score (nSPS) is 10.7. The van der Waals surface area contributed by atoms with Gasteiger partial charge in [-0.25, -0.2) is 4.98 Å². The number of nitrogens with zero attached hydrogens (tertiary/aromatic N) is 4. The predicted octanol–water partition coefficient (Wildman–Crippen LogP) is 0.330. The van der Waals surface area contributed by atoms with E-state index < -0.39 is 0 Å². The Hall–Kier alpha value is -1.47. The fourth-order valence-corrected chi connectivity index (χ4v) is 1.58. The van der Waals surface area contributed by atoms with Crippen LogP contribution in [0.1, 0.15) is 5.82 Å². The molecule has 0 fully saturated rings. The van der Waals surface area contributed by atoms with Crippen molar-refractivity contribution in [2.45, 2.75) is 19.7 Å². The van der Waals surface area contributed by atoms with Crippen molar-refractivity contribution in [3.8, 4) is 0 Å². The third-order valence-corrected chi connectivity index (χ3v) is 2.43. The van der Waals surface area contributed by atoms with Gasteiger partial charge in [-0.05, 0) is 12.2 Å². The average molecular weight is 225 g/mol. The summed E-state index contributed by atoms with van der Waals surface area (Å²) in [4.78, 5) is 3.94. The van der Waals surface area contributed by atoms with Gasteiger partial charge in [-0.15, -0.1) is 0 Å². The van der Waals surface area contributed by atoms with Gasteiger partial charge < -0.3 is 14.2 Å². The zero-order valence-electron chi connectivity index (χ0n) is 8.00. The maximum Gasteiger partial charge on any atom is 0.195 e. The molecule has 0 saturated heterocycles. The molecule has 2 aromatic rings. The Morgan fingerprint density at radius 2 is 2.33 bits per heavy atom. The minimum atomic E-state index is -0.114. The van der Waals surface area contributed by atoms with Gasteiger partial charge in [0.2, 0.25) is 0 Å². The molecule has 80 valence electrons. The molecule has 0 radical (unpaired) electrons. The molecular formula is C8H11N5OS.